The van der Waals surface area contributed by atoms with Crippen molar-refractivity contribution in [1.29, 1.82) is 0 Å². The van der Waals surface area contributed by atoms with Gasteiger partial charge in [0.2, 0.25) is 10.0 Å². The molecule has 0 aliphatic heterocycles. The normalized spacial score (nSPS) is 12.7. The lowest BCUT2D eigenvalue weighted by molar-refractivity contribution is -0.106. The van der Waals surface area contributed by atoms with Gasteiger partial charge in [0.15, 0.2) is 5.75 Å². The zero-order valence-corrected chi connectivity index (χ0v) is 17.3. The van der Waals surface area contributed by atoms with E-state index < -0.39 is 22.0 Å². The number of H-pyrrole nitrogens is 1. The number of nitrogens with zero attached hydrogens (tertiary/aromatic N) is 2. The van der Waals surface area contributed by atoms with Crippen LogP contribution in [0.1, 0.15) is 36.9 Å². The molecule has 0 unspecified atom stereocenters. The molecule has 0 saturated carbocycles. The first kappa shape index (κ1) is 23.4. The monoisotopic (exact) mass is 454 g/mol. The highest BCUT2D eigenvalue weighted by molar-refractivity contribution is 7.89. The fourth-order valence-corrected chi connectivity index (χ4v) is 4.32. The molecular weight excluding hydrogens is 433 g/mol. The zero-order chi connectivity index (χ0) is 20.5. The first-order valence-electron chi connectivity index (χ1n) is 8.94. The van der Waals surface area contributed by atoms with Crippen molar-refractivity contribution < 1.29 is 21.6 Å². The van der Waals surface area contributed by atoms with Gasteiger partial charge in [0.25, 0.3) is 5.56 Å². The van der Waals surface area contributed by atoms with E-state index in [2.05, 4.69) is 9.97 Å². The molecule has 0 bridgehead atoms. The van der Waals surface area contributed by atoms with Gasteiger partial charge >= 0.3 is 6.18 Å². The van der Waals surface area contributed by atoms with Crippen molar-refractivity contribution in [3.8, 4) is 0 Å². The molecule has 0 aromatic carbocycles. The molecule has 0 saturated heterocycles. The van der Waals surface area contributed by atoms with Crippen LogP contribution in [0.25, 0.3) is 16.8 Å². The number of hydrogen-bond acceptors (Lipinski definition) is 4. The van der Waals surface area contributed by atoms with Gasteiger partial charge in [-0.25, -0.2) is 18.1 Å². The molecule has 0 fully saturated rings. The second kappa shape index (κ2) is 8.88. The number of rotatable bonds is 9. The number of nitrogens with one attached hydrogen (secondary N) is 2. The number of unbranched alkanes of at least 4 members (excludes halogenated alkanes) is 3. The number of alkyl halides is 3. The summed E-state index contributed by atoms with van der Waals surface area (Å²) in [6.45, 7) is 1.79. The third kappa shape index (κ3) is 5.61. The number of imidazole rings is 2. The van der Waals surface area contributed by atoms with E-state index in [1.807, 2.05) is 21.3 Å². The standard InChI is InChI=1S/C17H21F3N4O3S.ClH/c1-11-14-16(25)23-13-8-7-12(15(22-11)24(13)14)6-4-2-3-5-9-21-28(26,27)10-17(18,19)20;/h7-8,21H,2-6,9-10H2,1H3,(H,23,25);1H. The van der Waals surface area contributed by atoms with E-state index in [1.165, 1.54) is 0 Å². The minimum absolute atomic E-state index is 0. The maximum Gasteiger partial charge on any atom is 0.404 e. The summed E-state index contributed by atoms with van der Waals surface area (Å²) in [5.41, 5.74) is 3.53. The minimum atomic E-state index is -4.74. The van der Waals surface area contributed by atoms with Crippen molar-refractivity contribution in [3.63, 3.8) is 0 Å². The number of hydrogen-bond donors (Lipinski definition) is 2. The molecule has 162 valence electrons. The molecular formula is C17H22ClF3N4O3S. The van der Waals surface area contributed by atoms with Gasteiger partial charge in [-0.05, 0) is 37.8 Å². The van der Waals surface area contributed by atoms with Gasteiger partial charge in [0, 0.05) is 6.54 Å². The summed E-state index contributed by atoms with van der Waals surface area (Å²) in [7, 11) is -4.32. The SMILES string of the molecule is Cc1nc2c(CCCCCCNS(=O)(=O)CC(F)(F)F)ccc3[nH]c(=O)c1n32.Cl. The lowest BCUT2D eigenvalue weighted by Crippen LogP contribution is -2.34. The Morgan fingerprint density at radius 3 is 2.55 bits per heavy atom. The van der Waals surface area contributed by atoms with Crippen LogP contribution in [0, 0.1) is 6.92 Å². The largest absolute Gasteiger partial charge is 0.404 e. The molecule has 3 heterocycles. The molecule has 0 amide bonds. The molecule has 3 rings (SSSR count). The van der Waals surface area contributed by atoms with Crippen molar-refractivity contribution in [2.24, 2.45) is 0 Å². The van der Waals surface area contributed by atoms with E-state index in [-0.39, 0.29) is 24.5 Å². The highest BCUT2D eigenvalue weighted by Gasteiger charge is 2.34. The predicted octanol–water partition coefficient (Wildman–Crippen LogP) is 2.93. The van der Waals surface area contributed by atoms with Crippen LogP contribution in [0.5, 0.6) is 0 Å². The van der Waals surface area contributed by atoms with Gasteiger partial charge in [-0.15, -0.1) is 12.4 Å². The Morgan fingerprint density at radius 1 is 1.17 bits per heavy atom. The fraction of sp³-hybridized carbons (Fsp3) is 0.529. The number of aryl methyl sites for hydroxylation is 2. The van der Waals surface area contributed by atoms with Gasteiger partial charge in [-0.2, -0.15) is 13.2 Å². The number of pyridine rings is 1. The Hall–Kier alpha value is -1.85. The van der Waals surface area contributed by atoms with Gasteiger partial charge in [0.05, 0.1) is 5.69 Å². The van der Waals surface area contributed by atoms with Crippen LogP contribution in [0.3, 0.4) is 0 Å². The smallest absolute Gasteiger partial charge is 0.306 e. The Kier molecular flexibility index (Phi) is 7.18. The van der Waals surface area contributed by atoms with Gasteiger partial charge in [0.1, 0.15) is 16.8 Å². The molecule has 2 N–H and O–H groups in total. The minimum Gasteiger partial charge on any atom is -0.306 e. The Balaban J connectivity index is 0.00000300. The highest BCUT2D eigenvalue weighted by Crippen LogP contribution is 2.21. The summed E-state index contributed by atoms with van der Waals surface area (Å²) >= 11 is 0. The van der Waals surface area contributed by atoms with E-state index in [0.717, 1.165) is 30.5 Å². The Labute approximate surface area is 171 Å². The average Bonchev–Trinajstić information content (AvgIpc) is 3.07. The van der Waals surface area contributed by atoms with E-state index in [0.29, 0.717) is 29.7 Å². The molecule has 3 aromatic heterocycles. The van der Waals surface area contributed by atoms with Crippen LogP contribution in [0.2, 0.25) is 0 Å². The van der Waals surface area contributed by atoms with Crippen LogP contribution in [-0.4, -0.2) is 41.3 Å². The van der Waals surface area contributed by atoms with Crippen LogP contribution >= 0.6 is 12.4 Å². The molecule has 0 aliphatic carbocycles. The highest BCUT2D eigenvalue weighted by atomic mass is 35.5. The van der Waals surface area contributed by atoms with Crippen molar-refractivity contribution in [2.75, 3.05) is 12.3 Å². The molecule has 3 aromatic rings. The van der Waals surface area contributed by atoms with E-state index in [1.54, 1.807) is 6.92 Å². The lowest BCUT2D eigenvalue weighted by atomic mass is 10.1. The second-order valence-corrected chi connectivity index (χ2v) is 8.64. The first-order chi connectivity index (χ1) is 13.1. The van der Waals surface area contributed by atoms with Crippen molar-refractivity contribution in [2.45, 2.75) is 45.2 Å². The molecule has 29 heavy (non-hydrogen) atoms. The van der Waals surface area contributed by atoms with Gasteiger partial charge < -0.3 is 4.98 Å². The summed E-state index contributed by atoms with van der Waals surface area (Å²) in [5.74, 6) is -1.85. The van der Waals surface area contributed by atoms with Crippen molar-refractivity contribution in [3.05, 3.63) is 33.7 Å². The van der Waals surface area contributed by atoms with Gasteiger partial charge in [-0.3, -0.25) is 9.20 Å². The van der Waals surface area contributed by atoms with Crippen LogP contribution in [-0.2, 0) is 16.4 Å². The second-order valence-electron chi connectivity index (χ2n) is 6.84. The Morgan fingerprint density at radius 2 is 1.86 bits per heavy atom. The van der Waals surface area contributed by atoms with Gasteiger partial charge in [-0.1, -0.05) is 18.9 Å². The Bertz CT molecular complexity index is 1120. The van der Waals surface area contributed by atoms with Crippen molar-refractivity contribution in [1.82, 2.24) is 19.1 Å². The van der Waals surface area contributed by atoms with Crippen LogP contribution in [0.15, 0.2) is 16.9 Å². The maximum atomic E-state index is 12.1. The summed E-state index contributed by atoms with van der Waals surface area (Å²) in [4.78, 5) is 19.3. The summed E-state index contributed by atoms with van der Waals surface area (Å²) in [5, 5.41) is 0. The summed E-state index contributed by atoms with van der Waals surface area (Å²) in [6.07, 6.45) is -1.20. The molecule has 0 spiro atoms. The summed E-state index contributed by atoms with van der Waals surface area (Å²) < 4.78 is 62.7. The number of sulfonamides is 1. The number of aromatic nitrogens is 3. The maximum absolute atomic E-state index is 12.1. The molecule has 12 heteroatoms. The first-order valence-corrected chi connectivity index (χ1v) is 10.6. The molecule has 7 nitrogen and oxygen atoms in total. The van der Waals surface area contributed by atoms with Crippen LogP contribution < -0.4 is 10.3 Å². The fourth-order valence-electron chi connectivity index (χ4n) is 3.33. The molecule has 0 atom stereocenters. The van der Waals surface area contributed by atoms with E-state index >= 15 is 0 Å². The molecule has 0 aliphatic rings. The van der Waals surface area contributed by atoms with Crippen LogP contribution in [0.4, 0.5) is 13.2 Å². The zero-order valence-electron chi connectivity index (χ0n) is 15.7. The average molecular weight is 455 g/mol. The number of aromatic amines is 1. The summed E-state index contributed by atoms with van der Waals surface area (Å²) in [6, 6.07) is 3.77. The van der Waals surface area contributed by atoms with Crippen molar-refractivity contribution >= 4 is 39.2 Å². The number of halogens is 4. The lowest BCUT2D eigenvalue weighted by Gasteiger charge is -2.09. The quantitative estimate of drug-likeness (QED) is 0.486. The molecule has 0 radical (unpaired) electrons. The third-order valence-corrected chi connectivity index (χ3v) is 5.88. The van der Waals surface area contributed by atoms with E-state index in [9.17, 15) is 26.4 Å². The third-order valence-electron chi connectivity index (χ3n) is 4.53. The predicted molar refractivity (Wildman–Crippen MR) is 107 cm³/mol. The van der Waals surface area contributed by atoms with E-state index in [4.69, 9.17) is 0 Å². The topological polar surface area (TPSA) is 96.3 Å².